The lowest BCUT2D eigenvalue weighted by Gasteiger charge is -2.08. The van der Waals surface area contributed by atoms with Crippen LogP contribution in [0.25, 0.3) is 39.3 Å². The zero-order valence-electron chi connectivity index (χ0n) is 26.7. The third-order valence-electron chi connectivity index (χ3n) is 7.81. The van der Waals surface area contributed by atoms with E-state index in [4.69, 9.17) is 16.7 Å². The molecule has 0 aliphatic heterocycles. The van der Waals surface area contributed by atoms with E-state index in [1.54, 1.807) is 24.6 Å². The molecule has 10 heteroatoms. The van der Waals surface area contributed by atoms with Crippen LogP contribution in [0, 0.1) is 0 Å². The zero-order valence-corrected chi connectivity index (χ0v) is 28.2. The van der Waals surface area contributed by atoms with Crippen molar-refractivity contribution in [3.05, 3.63) is 172 Å². The third kappa shape index (κ3) is 7.76. The second-order valence-electron chi connectivity index (χ2n) is 11.2. The number of rotatable bonds is 10. The van der Waals surface area contributed by atoms with E-state index in [1.165, 1.54) is 11.3 Å². The number of nitrogens with zero attached hydrogens (tertiary/aromatic N) is 6. The molecular formula is C40H30ClN7OS. The van der Waals surface area contributed by atoms with Gasteiger partial charge in [-0.15, -0.1) is 16.4 Å². The van der Waals surface area contributed by atoms with Gasteiger partial charge in [0.15, 0.2) is 0 Å². The number of benzene rings is 5. The fourth-order valence-corrected chi connectivity index (χ4v) is 6.31. The molecule has 8 nitrogen and oxygen atoms in total. The quantitative estimate of drug-likeness (QED) is 0.115. The van der Waals surface area contributed by atoms with Gasteiger partial charge in [-0.1, -0.05) is 127 Å². The second-order valence-corrected chi connectivity index (χ2v) is 12.5. The lowest BCUT2D eigenvalue weighted by atomic mass is 10.0. The number of thiazole rings is 1. The summed E-state index contributed by atoms with van der Waals surface area (Å²) in [6, 6.07) is 45.6. The Hall–Kier alpha value is -6.16. The highest BCUT2D eigenvalue weighted by molar-refractivity contribution is 7.07. The Morgan fingerprint density at radius 2 is 1.36 bits per heavy atom. The van der Waals surface area contributed by atoms with Gasteiger partial charge in [0.2, 0.25) is 4.80 Å². The number of amides is 1. The van der Waals surface area contributed by atoms with Crippen molar-refractivity contribution in [2.45, 2.75) is 6.54 Å². The van der Waals surface area contributed by atoms with Crippen molar-refractivity contribution in [1.82, 2.24) is 19.8 Å². The molecular weight excluding hydrogens is 662 g/mol. The molecule has 0 aliphatic rings. The number of carbonyl (C=O) groups excluding carboxylic acids is 1. The van der Waals surface area contributed by atoms with E-state index < -0.39 is 0 Å². The van der Waals surface area contributed by atoms with Crippen LogP contribution in [0.5, 0.6) is 0 Å². The molecule has 1 N–H and O–H groups in total. The Kier molecular flexibility index (Phi) is 9.96. The van der Waals surface area contributed by atoms with Crippen LogP contribution in [0.15, 0.2) is 166 Å². The average Bonchev–Trinajstić information content (AvgIpc) is 3.78. The molecule has 50 heavy (non-hydrogen) atoms. The molecule has 7 rings (SSSR count). The van der Waals surface area contributed by atoms with Crippen LogP contribution >= 0.6 is 22.9 Å². The van der Waals surface area contributed by atoms with Crippen LogP contribution in [-0.2, 0) is 11.3 Å². The lowest BCUT2D eigenvalue weighted by Crippen LogP contribution is -2.28. The van der Waals surface area contributed by atoms with Crippen LogP contribution in [0.1, 0.15) is 11.1 Å². The van der Waals surface area contributed by atoms with Crippen molar-refractivity contribution in [1.29, 1.82) is 0 Å². The molecule has 2 heterocycles. The maximum absolute atomic E-state index is 13.1. The summed E-state index contributed by atoms with van der Waals surface area (Å²) >= 11 is 7.38. The summed E-state index contributed by atoms with van der Waals surface area (Å²) in [5.41, 5.74) is 11.0. The first kappa shape index (κ1) is 32.4. The van der Waals surface area contributed by atoms with Crippen molar-refractivity contribution >= 4 is 41.3 Å². The number of para-hydroxylation sites is 1. The van der Waals surface area contributed by atoms with Crippen LogP contribution < -0.4 is 10.2 Å². The van der Waals surface area contributed by atoms with Gasteiger partial charge in [-0.3, -0.25) is 4.79 Å². The Labute approximate surface area is 298 Å². The fraction of sp³-hybridized carbons (Fsp3) is 0.0250. The van der Waals surface area contributed by atoms with E-state index in [2.05, 4.69) is 57.1 Å². The zero-order chi connectivity index (χ0) is 34.1. The number of aromatic nitrogens is 3. The first-order chi connectivity index (χ1) is 24.6. The number of hydrazone groups is 1. The van der Waals surface area contributed by atoms with Gasteiger partial charge in [-0.25, -0.2) is 10.1 Å². The first-order valence-corrected chi connectivity index (χ1v) is 17.1. The van der Waals surface area contributed by atoms with E-state index in [9.17, 15) is 4.79 Å². The van der Waals surface area contributed by atoms with Gasteiger partial charge in [0.25, 0.3) is 5.91 Å². The molecule has 2 aromatic heterocycles. The summed E-state index contributed by atoms with van der Waals surface area (Å²) in [6.45, 7) is -0.00894. The molecule has 0 aliphatic carbocycles. The number of hydrogen-bond acceptors (Lipinski definition) is 6. The number of nitrogens with one attached hydrogen (secondary N) is 1. The minimum absolute atomic E-state index is 0.00894. The molecule has 0 unspecified atom stereocenters. The van der Waals surface area contributed by atoms with Crippen LogP contribution in [0.2, 0.25) is 5.02 Å². The molecule has 0 radical (unpaired) electrons. The number of hydrogen-bond donors (Lipinski definition) is 1. The summed E-state index contributed by atoms with van der Waals surface area (Å²) < 4.78 is 3.68. The summed E-state index contributed by atoms with van der Waals surface area (Å²) in [7, 11) is 0. The number of carbonyl (C=O) groups is 1. The summed E-state index contributed by atoms with van der Waals surface area (Å²) in [5.74, 6) is -0.304. The minimum atomic E-state index is -0.304. The Bertz CT molecular complexity index is 2330. The summed E-state index contributed by atoms with van der Waals surface area (Å²) in [5, 5.41) is 20.8. The van der Waals surface area contributed by atoms with E-state index >= 15 is 0 Å². The third-order valence-corrected chi connectivity index (χ3v) is 8.92. The summed E-state index contributed by atoms with van der Waals surface area (Å²) in [4.78, 5) is 13.6. The van der Waals surface area contributed by atoms with E-state index in [-0.39, 0.29) is 12.5 Å². The molecule has 5 aromatic carbocycles. The fourth-order valence-electron chi connectivity index (χ4n) is 5.32. The molecule has 0 saturated heterocycles. The van der Waals surface area contributed by atoms with Crippen molar-refractivity contribution in [3.63, 3.8) is 0 Å². The standard InChI is InChI=1S/C40H30ClN7OS/c41-35-22-16-29(17-23-35)24-42-44-38(49)27-47-37(32-12-6-2-7-13-32)28-50-40(47)45-43-25-34-26-48(36-14-8-3-9-15-36)46-39(34)33-20-18-31(19-21-33)30-10-4-1-5-11-30/h1-26,28H,27H2,(H,44,49)/b42-24+,43-25+,45-40-. The van der Waals surface area contributed by atoms with Gasteiger partial charge in [0, 0.05) is 27.7 Å². The van der Waals surface area contributed by atoms with Gasteiger partial charge < -0.3 is 4.57 Å². The maximum atomic E-state index is 13.1. The SMILES string of the molecule is O=C(Cn1c(-c2ccccc2)cs/c1=N\N=C\c1cn(-c2ccccc2)nc1-c1ccc(-c2ccccc2)cc1)N/N=C/c1ccc(Cl)cc1. The monoisotopic (exact) mass is 691 g/mol. The topological polar surface area (TPSA) is 88.9 Å². The van der Waals surface area contributed by atoms with Gasteiger partial charge in [0.05, 0.1) is 23.8 Å². The highest BCUT2D eigenvalue weighted by Crippen LogP contribution is 2.27. The molecule has 0 spiro atoms. The van der Waals surface area contributed by atoms with E-state index in [0.717, 1.165) is 50.5 Å². The normalized spacial score (nSPS) is 11.8. The van der Waals surface area contributed by atoms with Crippen LogP contribution in [0.3, 0.4) is 0 Å². The highest BCUT2D eigenvalue weighted by atomic mass is 35.5. The summed E-state index contributed by atoms with van der Waals surface area (Å²) in [6.07, 6.45) is 5.22. The minimum Gasteiger partial charge on any atom is -0.306 e. The molecule has 0 atom stereocenters. The van der Waals surface area contributed by atoms with Crippen molar-refractivity contribution in [2.24, 2.45) is 15.3 Å². The van der Waals surface area contributed by atoms with Gasteiger partial charge >= 0.3 is 0 Å². The van der Waals surface area contributed by atoms with Crippen molar-refractivity contribution in [3.8, 4) is 39.3 Å². The van der Waals surface area contributed by atoms with Crippen molar-refractivity contribution in [2.75, 3.05) is 0 Å². The molecule has 7 aromatic rings. The molecule has 0 bridgehead atoms. The van der Waals surface area contributed by atoms with Crippen molar-refractivity contribution < 1.29 is 4.79 Å². The molecule has 244 valence electrons. The highest BCUT2D eigenvalue weighted by Gasteiger charge is 2.14. The molecule has 1 amide bonds. The predicted octanol–water partition coefficient (Wildman–Crippen LogP) is 8.47. The van der Waals surface area contributed by atoms with Crippen LogP contribution in [0.4, 0.5) is 0 Å². The number of halogens is 1. The Balaban J connectivity index is 1.20. The van der Waals surface area contributed by atoms with E-state index in [1.807, 2.05) is 112 Å². The van der Waals surface area contributed by atoms with Gasteiger partial charge in [-0.05, 0) is 46.5 Å². The first-order valence-electron chi connectivity index (χ1n) is 15.8. The van der Waals surface area contributed by atoms with Gasteiger partial charge in [-0.2, -0.15) is 15.3 Å². The predicted molar refractivity (Wildman–Crippen MR) is 203 cm³/mol. The van der Waals surface area contributed by atoms with E-state index in [0.29, 0.717) is 9.82 Å². The Morgan fingerprint density at radius 1 is 0.740 bits per heavy atom. The van der Waals surface area contributed by atoms with Crippen LogP contribution in [-0.4, -0.2) is 32.7 Å². The Morgan fingerprint density at radius 3 is 2.06 bits per heavy atom. The average molecular weight is 692 g/mol. The largest absolute Gasteiger partial charge is 0.306 e. The maximum Gasteiger partial charge on any atom is 0.260 e. The molecule has 0 fully saturated rings. The second kappa shape index (κ2) is 15.4. The van der Waals surface area contributed by atoms with Gasteiger partial charge in [0.1, 0.15) is 12.2 Å². The lowest BCUT2D eigenvalue weighted by molar-refractivity contribution is -0.121. The smallest absolute Gasteiger partial charge is 0.260 e. The molecule has 0 saturated carbocycles.